The van der Waals surface area contributed by atoms with Crippen LogP contribution in [0.3, 0.4) is 0 Å². The number of carbonyl (C=O) groups excluding carboxylic acids is 3. The second-order valence-corrected chi connectivity index (χ2v) is 3.93. The molecular weight excluding hydrogens is 279 g/mol. The number of imide groups is 1. The second-order valence-electron chi connectivity index (χ2n) is 3.93. The number of nitro benzene ring substituents is 1. The van der Waals surface area contributed by atoms with Crippen LogP contribution in [0.2, 0.25) is 0 Å². The van der Waals surface area contributed by atoms with Crippen molar-refractivity contribution >= 4 is 23.5 Å². The molecule has 1 aliphatic rings. The van der Waals surface area contributed by atoms with Crippen LogP contribution in [0.25, 0.3) is 0 Å². The summed E-state index contributed by atoms with van der Waals surface area (Å²) in [5, 5.41) is 21.6. The molecule has 0 radical (unpaired) electrons. The molecule has 2 rings (SSSR count). The zero-order chi connectivity index (χ0) is 14.3. The molecule has 1 aromatic rings. The average molecular weight is 286 g/mol. The Morgan fingerprint density at radius 1 is 1.30 bits per heavy atom. The first kappa shape index (κ1) is 16.3. The smallest absolute Gasteiger partial charge is 0.548 e. The van der Waals surface area contributed by atoms with Crippen molar-refractivity contribution in [1.29, 1.82) is 0 Å². The van der Waals surface area contributed by atoms with Gasteiger partial charge in [0.05, 0.1) is 22.5 Å². The molecule has 2 amide bonds. The molecule has 9 heteroatoms. The summed E-state index contributed by atoms with van der Waals surface area (Å²) in [4.78, 5) is 45.1. The quantitative estimate of drug-likeness (QED) is 0.244. The Hall–Kier alpha value is -1.77. The molecule has 1 aromatic carbocycles. The summed E-state index contributed by atoms with van der Waals surface area (Å²) in [5.41, 5.74) is -1.08. The van der Waals surface area contributed by atoms with Gasteiger partial charge in [0.1, 0.15) is 5.56 Å². The van der Waals surface area contributed by atoms with Crippen LogP contribution in [0, 0.1) is 10.1 Å². The maximum Gasteiger partial charge on any atom is 1.00 e. The van der Waals surface area contributed by atoms with E-state index in [2.05, 4.69) is 0 Å². The first-order valence-corrected chi connectivity index (χ1v) is 5.22. The molecular formula is C11H7N2NaO6. The largest absolute Gasteiger partial charge is 1.00 e. The third-order valence-electron chi connectivity index (χ3n) is 2.85. The number of nitro groups is 1. The van der Waals surface area contributed by atoms with Crippen molar-refractivity contribution in [2.24, 2.45) is 0 Å². The Morgan fingerprint density at radius 3 is 2.40 bits per heavy atom. The molecule has 0 fully saturated rings. The number of nitrogens with zero attached hydrogens (tertiary/aromatic N) is 2. The topological polar surface area (TPSA) is 121 Å². The van der Waals surface area contributed by atoms with E-state index in [1.807, 2.05) is 0 Å². The third kappa shape index (κ3) is 2.33. The van der Waals surface area contributed by atoms with Gasteiger partial charge in [-0.25, -0.2) is 0 Å². The maximum atomic E-state index is 12.0. The second kappa shape index (κ2) is 5.70. The van der Waals surface area contributed by atoms with E-state index in [0.29, 0.717) is 4.90 Å². The van der Waals surface area contributed by atoms with Crippen molar-refractivity contribution in [3.8, 4) is 0 Å². The molecule has 8 nitrogen and oxygen atoms in total. The molecule has 1 aliphatic heterocycles. The Balaban J connectivity index is 0.00000200. The Bertz CT molecular complexity index is 629. The van der Waals surface area contributed by atoms with Crippen molar-refractivity contribution < 1.29 is 54.0 Å². The van der Waals surface area contributed by atoms with Gasteiger partial charge in [0.15, 0.2) is 0 Å². The predicted molar refractivity (Wildman–Crippen MR) is 58.1 cm³/mol. The Kier molecular flexibility index (Phi) is 4.64. The van der Waals surface area contributed by atoms with Gasteiger partial charge in [0, 0.05) is 6.07 Å². The van der Waals surface area contributed by atoms with Crippen LogP contribution in [0.4, 0.5) is 5.69 Å². The molecule has 0 saturated carbocycles. The number of hydrogen-bond donors (Lipinski definition) is 0. The number of hydrogen-bond acceptors (Lipinski definition) is 6. The molecule has 98 valence electrons. The zero-order valence-electron chi connectivity index (χ0n) is 10.7. The fourth-order valence-corrected chi connectivity index (χ4v) is 1.89. The summed E-state index contributed by atoms with van der Waals surface area (Å²) in [6, 6.07) is 2.09. The van der Waals surface area contributed by atoms with E-state index >= 15 is 0 Å². The third-order valence-corrected chi connectivity index (χ3v) is 2.85. The van der Waals surface area contributed by atoms with E-state index in [0.717, 1.165) is 13.0 Å². The van der Waals surface area contributed by atoms with E-state index in [1.165, 1.54) is 12.1 Å². The van der Waals surface area contributed by atoms with Gasteiger partial charge >= 0.3 is 29.6 Å². The summed E-state index contributed by atoms with van der Waals surface area (Å²) < 4.78 is 0. The SMILES string of the molecule is CC(C(=O)[O-])N1C(=O)c2cccc([N+](=O)[O-])c2C1=O.[Na+]. The van der Waals surface area contributed by atoms with Gasteiger partial charge in [-0.15, -0.1) is 0 Å². The van der Waals surface area contributed by atoms with Crippen LogP contribution in [0.5, 0.6) is 0 Å². The van der Waals surface area contributed by atoms with Crippen LogP contribution < -0.4 is 34.7 Å². The monoisotopic (exact) mass is 286 g/mol. The van der Waals surface area contributed by atoms with Crippen molar-refractivity contribution in [3.05, 3.63) is 39.4 Å². The Morgan fingerprint density at radius 2 is 1.90 bits per heavy atom. The van der Waals surface area contributed by atoms with Crippen LogP contribution in [0.15, 0.2) is 18.2 Å². The van der Waals surface area contributed by atoms with Gasteiger partial charge in [-0.1, -0.05) is 6.07 Å². The van der Waals surface area contributed by atoms with Gasteiger partial charge in [0.25, 0.3) is 17.5 Å². The van der Waals surface area contributed by atoms with E-state index < -0.39 is 34.4 Å². The summed E-state index contributed by atoms with van der Waals surface area (Å²) in [6.45, 7) is 1.10. The van der Waals surface area contributed by atoms with Crippen molar-refractivity contribution in [2.75, 3.05) is 0 Å². The van der Waals surface area contributed by atoms with E-state index in [9.17, 15) is 29.6 Å². The summed E-state index contributed by atoms with van der Waals surface area (Å²) in [7, 11) is 0. The molecule has 0 bridgehead atoms. The molecule has 0 N–H and O–H groups in total. The van der Waals surface area contributed by atoms with Gasteiger partial charge in [-0.2, -0.15) is 0 Å². The van der Waals surface area contributed by atoms with Crippen LogP contribution in [0.1, 0.15) is 27.6 Å². The molecule has 20 heavy (non-hydrogen) atoms. The van der Waals surface area contributed by atoms with E-state index in [4.69, 9.17) is 0 Å². The fourth-order valence-electron chi connectivity index (χ4n) is 1.89. The minimum absolute atomic E-state index is 0. The van der Waals surface area contributed by atoms with E-state index in [-0.39, 0.29) is 40.7 Å². The van der Waals surface area contributed by atoms with E-state index in [1.54, 1.807) is 0 Å². The number of carbonyl (C=O) groups is 3. The maximum absolute atomic E-state index is 12.0. The molecule has 0 aromatic heterocycles. The van der Waals surface area contributed by atoms with Crippen molar-refractivity contribution in [3.63, 3.8) is 0 Å². The van der Waals surface area contributed by atoms with Gasteiger partial charge in [-0.3, -0.25) is 24.6 Å². The van der Waals surface area contributed by atoms with Crippen LogP contribution in [-0.2, 0) is 4.79 Å². The predicted octanol–water partition coefficient (Wildman–Crippen LogP) is -3.67. The molecule has 1 unspecified atom stereocenters. The molecule has 1 heterocycles. The van der Waals surface area contributed by atoms with Crippen molar-refractivity contribution in [1.82, 2.24) is 4.90 Å². The number of rotatable bonds is 3. The van der Waals surface area contributed by atoms with Gasteiger partial charge < -0.3 is 9.90 Å². The zero-order valence-corrected chi connectivity index (χ0v) is 12.7. The molecule has 1 atom stereocenters. The molecule has 0 saturated heterocycles. The standard InChI is InChI=1S/C11H8N2O6.Na/c1-5(11(16)17)12-9(14)6-3-2-4-7(13(18)19)8(6)10(12)15;/h2-5H,1H3,(H,16,17);/q;+1/p-1. The first-order chi connectivity index (χ1) is 8.86. The Labute approximate surface area is 134 Å². The minimum atomic E-state index is -1.61. The number of benzene rings is 1. The number of carboxylic acid groups (broad SMARTS) is 1. The number of fused-ring (bicyclic) bond motifs is 1. The number of aliphatic carboxylic acids is 1. The number of carboxylic acids is 1. The normalized spacial score (nSPS) is 14.6. The van der Waals surface area contributed by atoms with Crippen LogP contribution in [-0.4, -0.2) is 33.6 Å². The van der Waals surface area contributed by atoms with Gasteiger partial charge in [-0.05, 0) is 13.0 Å². The van der Waals surface area contributed by atoms with Crippen LogP contribution >= 0.6 is 0 Å². The minimum Gasteiger partial charge on any atom is -0.548 e. The number of amides is 2. The first-order valence-electron chi connectivity index (χ1n) is 5.22. The summed E-state index contributed by atoms with van der Waals surface area (Å²) >= 11 is 0. The van der Waals surface area contributed by atoms with Gasteiger partial charge in [0.2, 0.25) is 0 Å². The fraction of sp³-hybridized carbons (Fsp3) is 0.182. The molecule has 0 aliphatic carbocycles. The average Bonchev–Trinajstić information content (AvgIpc) is 2.61. The summed E-state index contributed by atoms with van der Waals surface area (Å²) in [6.07, 6.45) is 0. The molecule has 0 spiro atoms. The van der Waals surface area contributed by atoms with Crippen molar-refractivity contribution in [2.45, 2.75) is 13.0 Å². The summed E-state index contributed by atoms with van der Waals surface area (Å²) in [5.74, 6) is -3.48.